The smallest absolute Gasteiger partial charge is 0.306 e. The summed E-state index contributed by atoms with van der Waals surface area (Å²) in [6.07, 6.45) is 6.11. The molecule has 0 aromatic heterocycles. The van der Waals surface area contributed by atoms with E-state index in [0.29, 0.717) is 12.8 Å². The van der Waals surface area contributed by atoms with E-state index < -0.39 is 0 Å². The lowest BCUT2D eigenvalue weighted by Gasteiger charge is -2.37. The zero-order valence-corrected chi connectivity index (χ0v) is 17.6. The van der Waals surface area contributed by atoms with Gasteiger partial charge in [-0.15, -0.1) is 0 Å². The number of ether oxygens (including phenoxy) is 3. The van der Waals surface area contributed by atoms with Crippen molar-refractivity contribution in [2.24, 2.45) is 5.41 Å². The first kappa shape index (κ1) is 19.3. The Morgan fingerprint density at radius 1 is 1.36 bits per heavy atom. The molecule has 0 fully saturated rings. The molecule has 4 rings (SSSR count). The second-order valence-electron chi connectivity index (χ2n) is 9.63. The number of carbonyl (C=O) groups excluding carboxylic acids is 1. The molecule has 0 radical (unpaired) electrons. The van der Waals surface area contributed by atoms with Crippen LogP contribution in [0.5, 0.6) is 11.5 Å². The molecule has 1 spiro atoms. The molecule has 1 aromatic carbocycles. The van der Waals surface area contributed by atoms with Crippen LogP contribution in [0.1, 0.15) is 51.2 Å². The van der Waals surface area contributed by atoms with Crippen LogP contribution in [0.15, 0.2) is 24.3 Å². The molecule has 1 unspecified atom stereocenters. The molecular formula is C23H31NO4. The molecular weight excluding hydrogens is 354 g/mol. The number of nitrogens with zero attached hydrogens (tertiary/aromatic N) is 1. The van der Waals surface area contributed by atoms with Crippen molar-refractivity contribution >= 4 is 5.97 Å². The fourth-order valence-corrected chi connectivity index (χ4v) is 4.80. The quantitative estimate of drug-likeness (QED) is 0.584. The van der Waals surface area contributed by atoms with Crippen molar-refractivity contribution < 1.29 is 19.0 Å². The lowest BCUT2D eigenvalue weighted by molar-refractivity contribution is -0.150. The van der Waals surface area contributed by atoms with Crippen molar-refractivity contribution in [2.45, 2.75) is 64.2 Å². The van der Waals surface area contributed by atoms with Crippen LogP contribution in [0.4, 0.5) is 0 Å². The zero-order valence-electron chi connectivity index (χ0n) is 17.6. The Hall–Kier alpha value is -2.01. The van der Waals surface area contributed by atoms with E-state index >= 15 is 0 Å². The van der Waals surface area contributed by atoms with Gasteiger partial charge in [0.15, 0.2) is 11.5 Å². The van der Waals surface area contributed by atoms with Gasteiger partial charge in [-0.3, -0.25) is 4.79 Å². The van der Waals surface area contributed by atoms with Crippen molar-refractivity contribution in [3.63, 3.8) is 0 Å². The molecule has 152 valence electrons. The van der Waals surface area contributed by atoms with E-state index in [4.69, 9.17) is 14.2 Å². The highest BCUT2D eigenvalue weighted by Gasteiger charge is 2.53. The van der Waals surface area contributed by atoms with Crippen molar-refractivity contribution in [1.29, 1.82) is 0 Å². The third kappa shape index (κ3) is 3.30. The van der Waals surface area contributed by atoms with Crippen LogP contribution in [0.3, 0.4) is 0 Å². The van der Waals surface area contributed by atoms with Crippen LogP contribution < -0.4 is 9.47 Å². The molecule has 2 aliphatic heterocycles. The number of carbonyl (C=O) groups is 1. The molecule has 2 heterocycles. The highest BCUT2D eigenvalue weighted by Crippen LogP contribution is 2.55. The van der Waals surface area contributed by atoms with Crippen molar-refractivity contribution in [1.82, 2.24) is 4.90 Å². The highest BCUT2D eigenvalue weighted by atomic mass is 16.6. The zero-order chi connectivity index (χ0) is 20.1. The highest BCUT2D eigenvalue weighted by molar-refractivity contribution is 5.70. The predicted octanol–water partition coefficient (Wildman–Crippen LogP) is 3.84. The summed E-state index contributed by atoms with van der Waals surface area (Å²) in [5.41, 5.74) is 2.31. The van der Waals surface area contributed by atoms with Crippen LogP contribution in [-0.2, 0) is 21.5 Å². The first-order chi connectivity index (χ1) is 13.2. The largest absolute Gasteiger partial charge is 0.493 e. The Bertz CT molecular complexity index is 810. The summed E-state index contributed by atoms with van der Waals surface area (Å²) in [6.45, 7) is 8.04. The van der Waals surface area contributed by atoms with Gasteiger partial charge in [-0.1, -0.05) is 32.9 Å². The van der Waals surface area contributed by atoms with Crippen LogP contribution in [0.25, 0.3) is 0 Å². The maximum absolute atomic E-state index is 12.3. The van der Waals surface area contributed by atoms with E-state index in [0.717, 1.165) is 31.0 Å². The topological polar surface area (TPSA) is 48.0 Å². The van der Waals surface area contributed by atoms with Gasteiger partial charge in [0.1, 0.15) is 12.2 Å². The van der Waals surface area contributed by atoms with Crippen LogP contribution in [-0.4, -0.2) is 43.8 Å². The van der Waals surface area contributed by atoms with Crippen molar-refractivity contribution in [3.05, 3.63) is 35.4 Å². The van der Waals surface area contributed by atoms with Crippen LogP contribution >= 0.6 is 0 Å². The van der Waals surface area contributed by atoms with Crippen LogP contribution in [0.2, 0.25) is 0 Å². The summed E-state index contributed by atoms with van der Waals surface area (Å²) >= 11 is 0. The molecule has 0 saturated carbocycles. The molecule has 0 saturated heterocycles. The van der Waals surface area contributed by atoms with Gasteiger partial charge in [0.05, 0.1) is 18.9 Å². The minimum Gasteiger partial charge on any atom is -0.493 e. The molecule has 0 amide bonds. The Kier molecular flexibility index (Phi) is 4.69. The van der Waals surface area contributed by atoms with Gasteiger partial charge in [-0.25, -0.2) is 0 Å². The monoisotopic (exact) mass is 385 g/mol. The lowest BCUT2D eigenvalue weighted by atomic mass is 9.69. The molecule has 0 N–H and O–H groups in total. The Morgan fingerprint density at radius 2 is 2.14 bits per heavy atom. The van der Waals surface area contributed by atoms with Crippen molar-refractivity contribution in [2.75, 3.05) is 20.7 Å². The van der Waals surface area contributed by atoms with Gasteiger partial charge < -0.3 is 19.1 Å². The van der Waals surface area contributed by atoms with Crippen molar-refractivity contribution in [3.8, 4) is 11.5 Å². The second kappa shape index (κ2) is 6.80. The Morgan fingerprint density at radius 3 is 2.86 bits per heavy atom. The van der Waals surface area contributed by atoms with E-state index in [1.807, 2.05) is 26.8 Å². The van der Waals surface area contributed by atoms with Gasteiger partial charge in [0.2, 0.25) is 0 Å². The summed E-state index contributed by atoms with van der Waals surface area (Å²) in [7, 11) is 3.85. The summed E-state index contributed by atoms with van der Waals surface area (Å²) in [4.78, 5) is 14.7. The van der Waals surface area contributed by atoms with E-state index in [1.54, 1.807) is 7.11 Å². The molecule has 5 heteroatoms. The summed E-state index contributed by atoms with van der Waals surface area (Å²) in [5.74, 6) is 1.51. The lowest BCUT2D eigenvalue weighted by Crippen LogP contribution is -2.43. The van der Waals surface area contributed by atoms with E-state index in [-0.39, 0.29) is 29.0 Å². The van der Waals surface area contributed by atoms with Gasteiger partial charge >= 0.3 is 5.97 Å². The average molecular weight is 386 g/mol. The fraction of sp³-hybridized carbons (Fsp3) is 0.609. The normalized spacial score (nSPS) is 28.8. The number of hydrogen-bond acceptors (Lipinski definition) is 5. The summed E-state index contributed by atoms with van der Waals surface area (Å²) in [6, 6.07) is 4.17. The number of methoxy groups -OCH3 is 1. The molecule has 3 atom stereocenters. The van der Waals surface area contributed by atoms with E-state index in [1.165, 1.54) is 11.1 Å². The molecule has 0 bridgehead atoms. The first-order valence-electron chi connectivity index (χ1n) is 10.2. The van der Waals surface area contributed by atoms with E-state index in [2.05, 4.69) is 30.2 Å². The van der Waals surface area contributed by atoms with Gasteiger partial charge in [0, 0.05) is 18.5 Å². The van der Waals surface area contributed by atoms with Crippen LogP contribution in [0, 0.1) is 5.41 Å². The third-order valence-corrected chi connectivity index (χ3v) is 6.09. The fourth-order valence-electron chi connectivity index (χ4n) is 4.80. The predicted molar refractivity (Wildman–Crippen MR) is 108 cm³/mol. The summed E-state index contributed by atoms with van der Waals surface area (Å²) in [5, 5.41) is 0. The standard InChI is InChI=1S/C23H31NO4/c1-22(2,3)13-19(25)27-16-8-9-23-10-11-24(4)14-15-6-7-17(26-5)21(20(15)23)28-18(23)12-16/h6-9,16,18H,10-14H2,1-5H3/t16-,18?,23-/m0/s1. The summed E-state index contributed by atoms with van der Waals surface area (Å²) < 4.78 is 17.8. The molecule has 1 aliphatic carbocycles. The number of benzene rings is 1. The molecule has 1 aromatic rings. The first-order valence-corrected chi connectivity index (χ1v) is 10.2. The van der Waals surface area contributed by atoms with Gasteiger partial charge in [-0.2, -0.15) is 0 Å². The Balaban J connectivity index is 1.65. The Labute approximate surface area is 167 Å². The molecule has 3 aliphatic rings. The van der Waals surface area contributed by atoms with E-state index in [9.17, 15) is 4.79 Å². The number of esters is 1. The average Bonchev–Trinajstić information content (AvgIpc) is 2.86. The van der Waals surface area contributed by atoms with Gasteiger partial charge in [-0.05, 0) is 43.1 Å². The molecule has 5 nitrogen and oxygen atoms in total. The van der Waals surface area contributed by atoms with Gasteiger partial charge in [0.25, 0.3) is 0 Å². The minimum absolute atomic E-state index is 0.0403. The maximum Gasteiger partial charge on any atom is 0.306 e. The second-order valence-corrected chi connectivity index (χ2v) is 9.63. The SMILES string of the molecule is COc1ccc2c3c1OC1C[C@@H](OC(=O)CC(C)(C)C)C=C[C@@]31CCN(C)C2. The number of rotatable bonds is 3. The molecule has 28 heavy (non-hydrogen) atoms. The maximum atomic E-state index is 12.3. The number of hydrogen-bond donors (Lipinski definition) is 0. The third-order valence-electron chi connectivity index (χ3n) is 6.09. The minimum atomic E-state index is -0.241.